The Bertz CT molecular complexity index is 501. The van der Waals surface area contributed by atoms with Gasteiger partial charge in [0.15, 0.2) is 0 Å². The van der Waals surface area contributed by atoms with Gasteiger partial charge in [-0.05, 0) is 43.3 Å². The van der Waals surface area contributed by atoms with Crippen LogP contribution in [0.4, 0.5) is 0 Å². The molecule has 1 fully saturated rings. The van der Waals surface area contributed by atoms with E-state index in [0.717, 1.165) is 37.5 Å². The highest BCUT2D eigenvalue weighted by atomic mass is 32.1. The van der Waals surface area contributed by atoms with Crippen molar-refractivity contribution in [2.45, 2.75) is 19.4 Å². The Balaban J connectivity index is 1.59. The van der Waals surface area contributed by atoms with Crippen LogP contribution in [0.2, 0.25) is 0 Å². The number of aromatic nitrogens is 1. The van der Waals surface area contributed by atoms with Crippen LogP contribution >= 0.6 is 22.7 Å². The number of hydrogen-bond donors (Lipinski definition) is 1. The van der Waals surface area contributed by atoms with Crippen LogP contribution in [0, 0.1) is 5.92 Å². The largest absolute Gasteiger partial charge is 0.396 e. The van der Waals surface area contributed by atoms with Crippen molar-refractivity contribution in [2.75, 3.05) is 19.7 Å². The molecule has 0 spiro atoms. The molecule has 1 N–H and O–H groups in total. The van der Waals surface area contributed by atoms with E-state index in [-0.39, 0.29) is 0 Å². The third kappa shape index (κ3) is 3.23. The first kappa shape index (κ1) is 13.2. The molecular weight excluding hydrogens is 276 g/mol. The van der Waals surface area contributed by atoms with Crippen LogP contribution < -0.4 is 0 Å². The SMILES string of the molecule is OCC1CCN(Cc2csc(-c3cccs3)n2)CC1. The van der Waals surface area contributed by atoms with Gasteiger partial charge in [0, 0.05) is 18.5 Å². The van der Waals surface area contributed by atoms with Crippen molar-refractivity contribution in [3.05, 3.63) is 28.6 Å². The van der Waals surface area contributed by atoms with Crippen molar-refractivity contribution >= 4 is 22.7 Å². The minimum Gasteiger partial charge on any atom is -0.396 e. The lowest BCUT2D eigenvalue weighted by atomic mass is 9.98. The average Bonchev–Trinajstić information content (AvgIpc) is 3.10. The number of hydrogen-bond acceptors (Lipinski definition) is 5. The molecule has 0 unspecified atom stereocenters. The lowest BCUT2D eigenvalue weighted by Crippen LogP contribution is -2.34. The van der Waals surface area contributed by atoms with Gasteiger partial charge in [-0.1, -0.05) is 6.07 Å². The fourth-order valence-electron chi connectivity index (χ4n) is 2.45. The Morgan fingerprint density at radius 3 is 2.84 bits per heavy atom. The molecule has 2 aromatic heterocycles. The Hall–Kier alpha value is -0.750. The summed E-state index contributed by atoms with van der Waals surface area (Å²) in [5.74, 6) is 0.508. The summed E-state index contributed by atoms with van der Waals surface area (Å²) in [7, 11) is 0. The molecule has 0 aromatic carbocycles. The van der Waals surface area contributed by atoms with Crippen LogP contribution in [0.1, 0.15) is 18.5 Å². The lowest BCUT2D eigenvalue weighted by molar-refractivity contribution is 0.126. The van der Waals surface area contributed by atoms with Crippen molar-refractivity contribution in [3.8, 4) is 9.88 Å². The van der Waals surface area contributed by atoms with E-state index in [1.165, 1.54) is 10.6 Å². The minimum absolute atomic E-state index is 0.340. The molecule has 19 heavy (non-hydrogen) atoms. The van der Waals surface area contributed by atoms with E-state index in [1.54, 1.807) is 22.7 Å². The van der Waals surface area contributed by atoms with E-state index in [2.05, 4.69) is 27.8 Å². The quantitative estimate of drug-likeness (QED) is 0.941. The van der Waals surface area contributed by atoms with Gasteiger partial charge in [0.05, 0.1) is 10.6 Å². The van der Waals surface area contributed by atoms with E-state index in [0.29, 0.717) is 12.5 Å². The van der Waals surface area contributed by atoms with Crippen molar-refractivity contribution < 1.29 is 5.11 Å². The zero-order chi connectivity index (χ0) is 13.1. The molecule has 0 aliphatic carbocycles. The highest BCUT2D eigenvalue weighted by Crippen LogP contribution is 2.28. The van der Waals surface area contributed by atoms with Gasteiger partial charge in [-0.15, -0.1) is 22.7 Å². The molecule has 0 saturated carbocycles. The molecule has 1 aliphatic heterocycles. The first-order valence-electron chi connectivity index (χ1n) is 6.66. The molecule has 0 radical (unpaired) electrons. The van der Waals surface area contributed by atoms with E-state index in [1.807, 2.05) is 0 Å². The number of thiophene rings is 1. The van der Waals surface area contributed by atoms with Gasteiger partial charge >= 0.3 is 0 Å². The van der Waals surface area contributed by atoms with Crippen LogP contribution in [0.15, 0.2) is 22.9 Å². The molecule has 3 heterocycles. The monoisotopic (exact) mass is 294 g/mol. The Kier molecular flexibility index (Phi) is 4.28. The van der Waals surface area contributed by atoms with Gasteiger partial charge < -0.3 is 5.11 Å². The number of nitrogens with zero attached hydrogens (tertiary/aromatic N) is 2. The second-order valence-corrected chi connectivity index (χ2v) is 6.83. The van der Waals surface area contributed by atoms with Crippen molar-refractivity contribution in [3.63, 3.8) is 0 Å². The summed E-state index contributed by atoms with van der Waals surface area (Å²) in [5.41, 5.74) is 1.18. The van der Waals surface area contributed by atoms with Crippen molar-refractivity contribution in [1.29, 1.82) is 0 Å². The van der Waals surface area contributed by atoms with E-state index < -0.39 is 0 Å². The Morgan fingerprint density at radius 1 is 1.32 bits per heavy atom. The number of piperidine rings is 1. The fourth-order valence-corrected chi connectivity index (χ4v) is 4.07. The molecule has 5 heteroatoms. The highest BCUT2D eigenvalue weighted by molar-refractivity contribution is 7.20. The molecule has 2 aromatic rings. The first-order chi connectivity index (χ1) is 9.35. The smallest absolute Gasteiger partial charge is 0.133 e. The molecule has 3 rings (SSSR count). The summed E-state index contributed by atoms with van der Waals surface area (Å²) < 4.78 is 0. The van der Waals surface area contributed by atoms with E-state index >= 15 is 0 Å². The molecule has 0 atom stereocenters. The van der Waals surface area contributed by atoms with Gasteiger partial charge in [0.1, 0.15) is 5.01 Å². The summed E-state index contributed by atoms with van der Waals surface area (Å²) >= 11 is 3.48. The van der Waals surface area contributed by atoms with E-state index in [9.17, 15) is 0 Å². The second-order valence-electron chi connectivity index (χ2n) is 5.02. The molecule has 102 valence electrons. The Morgan fingerprint density at radius 2 is 2.16 bits per heavy atom. The summed E-state index contributed by atoms with van der Waals surface area (Å²) in [6, 6.07) is 4.20. The molecule has 0 bridgehead atoms. The number of thiazole rings is 1. The van der Waals surface area contributed by atoms with Gasteiger partial charge in [0.2, 0.25) is 0 Å². The predicted molar refractivity (Wildman–Crippen MR) is 80.5 cm³/mol. The average molecular weight is 294 g/mol. The van der Waals surface area contributed by atoms with Gasteiger partial charge in [-0.25, -0.2) is 4.98 Å². The Labute approximate surface area is 121 Å². The van der Waals surface area contributed by atoms with Crippen LogP contribution in [0.25, 0.3) is 9.88 Å². The van der Waals surface area contributed by atoms with Gasteiger partial charge in [-0.2, -0.15) is 0 Å². The van der Waals surface area contributed by atoms with Crippen LogP contribution in [-0.4, -0.2) is 34.7 Å². The van der Waals surface area contributed by atoms with E-state index in [4.69, 9.17) is 10.1 Å². The fraction of sp³-hybridized carbons (Fsp3) is 0.500. The molecular formula is C14H18N2OS2. The standard InChI is InChI=1S/C14H18N2OS2/c17-9-11-3-5-16(6-4-11)8-12-10-19-14(15-12)13-2-1-7-18-13/h1-2,7,10-11,17H,3-6,8-9H2. The van der Waals surface area contributed by atoms with Crippen LogP contribution in [0.3, 0.4) is 0 Å². The predicted octanol–water partition coefficient (Wildman–Crippen LogP) is 3.08. The number of likely N-dealkylation sites (tertiary alicyclic amines) is 1. The van der Waals surface area contributed by atoms with Crippen LogP contribution in [0.5, 0.6) is 0 Å². The molecule has 3 nitrogen and oxygen atoms in total. The number of aliphatic hydroxyl groups excluding tert-OH is 1. The third-order valence-electron chi connectivity index (χ3n) is 3.63. The maximum Gasteiger partial charge on any atom is 0.133 e. The van der Waals surface area contributed by atoms with Crippen molar-refractivity contribution in [2.24, 2.45) is 5.92 Å². The topological polar surface area (TPSA) is 36.4 Å². The molecule has 1 aliphatic rings. The maximum atomic E-state index is 9.15. The van der Waals surface area contributed by atoms with Gasteiger partial charge in [0.25, 0.3) is 0 Å². The second kappa shape index (κ2) is 6.13. The first-order valence-corrected chi connectivity index (χ1v) is 8.42. The molecule has 1 saturated heterocycles. The zero-order valence-electron chi connectivity index (χ0n) is 10.8. The van der Waals surface area contributed by atoms with Crippen molar-refractivity contribution in [1.82, 2.24) is 9.88 Å². The number of aliphatic hydroxyl groups is 1. The summed E-state index contributed by atoms with van der Waals surface area (Å²) in [6.07, 6.45) is 2.22. The summed E-state index contributed by atoms with van der Waals surface area (Å²) in [4.78, 5) is 8.43. The van der Waals surface area contributed by atoms with Gasteiger partial charge in [-0.3, -0.25) is 4.90 Å². The normalized spacial score (nSPS) is 17.9. The minimum atomic E-state index is 0.340. The highest BCUT2D eigenvalue weighted by Gasteiger charge is 2.19. The zero-order valence-corrected chi connectivity index (χ0v) is 12.4. The lowest BCUT2D eigenvalue weighted by Gasteiger charge is -2.30. The number of rotatable bonds is 4. The summed E-state index contributed by atoms with van der Waals surface area (Å²) in [5, 5.41) is 14.5. The third-order valence-corrected chi connectivity index (χ3v) is 5.56. The molecule has 0 amide bonds. The maximum absolute atomic E-state index is 9.15. The summed E-state index contributed by atoms with van der Waals surface area (Å²) in [6.45, 7) is 3.45. The van der Waals surface area contributed by atoms with Crippen LogP contribution in [-0.2, 0) is 6.54 Å².